The summed E-state index contributed by atoms with van der Waals surface area (Å²) in [6, 6.07) is 2.03. The van der Waals surface area contributed by atoms with Crippen LogP contribution >= 0.6 is 0 Å². The molecule has 39 heavy (non-hydrogen) atoms. The number of hydrogen-bond donors (Lipinski definition) is 7. The summed E-state index contributed by atoms with van der Waals surface area (Å²) in [5, 5.41) is 60.1. The standard InChI is InChI=1S/C28H37N3O8/c1-11-13-8-7-12(9-30-10-27(2,3)4)20(32)15(13)21(33)16-14(11)22(34)18-19(31(5)6)23(35)17(26(29)38)25(37)28(18,39)24(16)36/h7-8,11,14,18-19,22,30,32-34,37,39H,9-10H2,1-6H3,(H2,29,38)/t11-,14+,18+,19?,22-,28-/m0/s1. The first-order valence-electron chi connectivity index (χ1n) is 12.8. The molecule has 212 valence electrons. The van der Waals surface area contributed by atoms with Gasteiger partial charge in [0.15, 0.2) is 11.4 Å². The number of phenols is 1. The van der Waals surface area contributed by atoms with E-state index in [1.807, 2.05) is 0 Å². The van der Waals surface area contributed by atoms with Crippen molar-refractivity contribution in [3.63, 3.8) is 0 Å². The van der Waals surface area contributed by atoms with E-state index in [2.05, 4.69) is 26.1 Å². The van der Waals surface area contributed by atoms with Gasteiger partial charge in [-0.1, -0.05) is 39.8 Å². The lowest BCUT2D eigenvalue weighted by molar-refractivity contribution is -0.169. The summed E-state index contributed by atoms with van der Waals surface area (Å²) in [4.78, 5) is 40.7. The van der Waals surface area contributed by atoms with Gasteiger partial charge in [-0.05, 0) is 31.0 Å². The zero-order valence-corrected chi connectivity index (χ0v) is 22.9. The second kappa shape index (κ2) is 9.44. The van der Waals surface area contributed by atoms with Crippen molar-refractivity contribution in [1.82, 2.24) is 10.2 Å². The number of fused-ring (bicyclic) bond motifs is 3. The lowest BCUT2D eigenvalue weighted by Crippen LogP contribution is -2.70. The molecule has 0 bridgehead atoms. The molecule has 1 aromatic rings. The quantitative estimate of drug-likeness (QED) is 0.259. The van der Waals surface area contributed by atoms with Crippen LogP contribution in [0, 0.1) is 17.3 Å². The van der Waals surface area contributed by atoms with E-state index in [1.54, 1.807) is 19.1 Å². The Labute approximate surface area is 226 Å². The summed E-state index contributed by atoms with van der Waals surface area (Å²) in [6.07, 6.45) is -1.61. The van der Waals surface area contributed by atoms with Gasteiger partial charge in [0.25, 0.3) is 5.91 Å². The van der Waals surface area contributed by atoms with Gasteiger partial charge in [-0.25, -0.2) is 0 Å². The van der Waals surface area contributed by atoms with Crippen molar-refractivity contribution < 1.29 is 39.9 Å². The van der Waals surface area contributed by atoms with Crippen molar-refractivity contribution in [3.8, 4) is 5.75 Å². The Morgan fingerprint density at radius 3 is 2.31 bits per heavy atom. The molecule has 3 aliphatic carbocycles. The third-order valence-electron chi connectivity index (χ3n) is 8.18. The molecule has 0 aliphatic heterocycles. The number of aliphatic hydroxyl groups excluding tert-OH is 3. The van der Waals surface area contributed by atoms with E-state index < -0.39 is 75.6 Å². The molecule has 4 rings (SSSR count). The number of primary amides is 1. The second-order valence-electron chi connectivity index (χ2n) is 12.3. The van der Waals surface area contributed by atoms with Crippen LogP contribution in [0.4, 0.5) is 0 Å². The zero-order valence-electron chi connectivity index (χ0n) is 22.9. The number of nitrogens with one attached hydrogen (secondary N) is 1. The average Bonchev–Trinajstić information content (AvgIpc) is 2.81. The molecule has 1 aromatic carbocycles. The lowest BCUT2D eigenvalue weighted by Gasteiger charge is -2.53. The summed E-state index contributed by atoms with van der Waals surface area (Å²) >= 11 is 0. The normalized spacial score (nSPS) is 30.8. The van der Waals surface area contributed by atoms with E-state index in [1.165, 1.54) is 19.0 Å². The van der Waals surface area contributed by atoms with Crippen LogP contribution in [0.5, 0.6) is 5.75 Å². The van der Waals surface area contributed by atoms with E-state index in [4.69, 9.17) is 5.73 Å². The Balaban J connectivity index is 1.92. The zero-order chi connectivity index (χ0) is 29.4. The fourth-order valence-corrected chi connectivity index (χ4v) is 6.37. The number of benzene rings is 1. The van der Waals surface area contributed by atoms with Crippen molar-refractivity contribution >= 4 is 23.2 Å². The summed E-state index contributed by atoms with van der Waals surface area (Å²) in [5.41, 5.74) is 1.97. The Morgan fingerprint density at radius 2 is 1.77 bits per heavy atom. The number of nitrogens with zero attached hydrogens (tertiary/aromatic N) is 1. The maximum Gasteiger partial charge on any atom is 0.255 e. The molecule has 0 heterocycles. The molecule has 1 amide bonds. The van der Waals surface area contributed by atoms with E-state index in [0.717, 1.165) is 0 Å². The summed E-state index contributed by atoms with van der Waals surface area (Å²) < 4.78 is 0. The number of nitrogens with two attached hydrogens (primary N) is 1. The van der Waals surface area contributed by atoms with Crippen LogP contribution in [0.15, 0.2) is 29.0 Å². The Hall–Kier alpha value is -3.25. The van der Waals surface area contributed by atoms with Crippen LogP contribution in [0.3, 0.4) is 0 Å². The van der Waals surface area contributed by atoms with E-state index >= 15 is 0 Å². The summed E-state index contributed by atoms with van der Waals surface area (Å²) in [7, 11) is 2.94. The van der Waals surface area contributed by atoms with Gasteiger partial charge in [-0.3, -0.25) is 19.3 Å². The number of aliphatic hydroxyl groups is 4. The molecule has 6 atom stereocenters. The maximum atomic E-state index is 14.0. The molecule has 8 N–H and O–H groups in total. The minimum atomic E-state index is -2.93. The number of hydrogen-bond acceptors (Lipinski definition) is 10. The van der Waals surface area contributed by atoms with Gasteiger partial charge in [0.05, 0.1) is 23.6 Å². The van der Waals surface area contributed by atoms with Crippen molar-refractivity contribution in [3.05, 3.63) is 45.7 Å². The smallest absolute Gasteiger partial charge is 0.255 e. The van der Waals surface area contributed by atoms with Crippen LogP contribution in [0.2, 0.25) is 0 Å². The number of phenolic OH excluding ortho intramolecular Hbond substituents is 1. The van der Waals surface area contributed by atoms with Crippen LogP contribution in [0.1, 0.15) is 50.3 Å². The van der Waals surface area contributed by atoms with Gasteiger partial charge >= 0.3 is 0 Å². The summed E-state index contributed by atoms with van der Waals surface area (Å²) in [5.74, 6) is -8.91. The van der Waals surface area contributed by atoms with Gasteiger partial charge in [-0.2, -0.15) is 0 Å². The third-order valence-corrected chi connectivity index (χ3v) is 8.18. The fourth-order valence-electron chi connectivity index (χ4n) is 6.37. The van der Waals surface area contributed by atoms with Crippen LogP contribution in [0.25, 0.3) is 5.76 Å². The first-order chi connectivity index (χ1) is 18.0. The maximum absolute atomic E-state index is 14.0. The first-order valence-corrected chi connectivity index (χ1v) is 12.8. The van der Waals surface area contributed by atoms with Gasteiger partial charge in [0.1, 0.15) is 22.8 Å². The molecule has 0 saturated heterocycles. The second-order valence-corrected chi connectivity index (χ2v) is 12.3. The van der Waals surface area contributed by atoms with Crippen molar-refractivity contribution in [2.45, 2.75) is 57.9 Å². The van der Waals surface area contributed by atoms with E-state index in [-0.39, 0.29) is 23.3 Å². The molecule has 1 saturated carbocycles. The first kappa shape index (κ1) is 28.8. The minimum absolute atomic E-state index is 0.0129. The molecule has 11 heteroatoms. The van der Waals surface area contributed by atoms with E-state index in [0.29, 0.717) is 17.7 Å². The molecule has 1 fully saturated rings. The molecule has 3 aliphatic rings. The van der Waals surface area contributed by atoms with Crippen molar-refractivity contribution in [2.24, 2.45) is 23.0 Å². The monoisotopic (exact) mass is 543 g/mol. The highest BCUT2D eigenvalue weighted by Crippen LogP contribution is 2.56. The number of amides is 1. The SMILES string of the molecule is C[C@H]1c2ccc(CNCC(C)(C)C)c(O)c2C(O)=C2C(=O)[C@]3(O)C(O)=C(C(N)=O)C(=O)C(N(C)C)[C@@H]3[C@@H](O)[C@@H]21. The molecular formula is C28H37N3O8. The molecule has 1 unspecified atom stereocenters. The molecule has 11 nitrogen and oxygen atoms in total. The van der Waals surface area contributed by atoms with Crippen LogP contribution < -0.4 is 11.1 Å². The number of Topliss-reactive ketones (excluding diaryl/α,β-unsaturated/α-hetero) is 2. The highest BCUT2D eigenvalue weighted by molar-refractivity contribution is 6.24. The highest BCUT2D eigenvalue weighted by atomic mass is 16.4. The van der Waals surface area contributed by atoms with Gasteiger partial charge < -0.3 is 36.6 Å². The van der Waals surface area contributed by atoms with Crippen molar-refractivity contribution in [2.75, 3.05) is 20.6 Å². The third kappa shape index (κ3) is 4.15. The minimum Gasteiger partial charge on any atom is -0.508 e. The fraction of sp³-hybridized carbons (Fsp3) is 0.536. The Morgan fingerprint density at radius 1 is 1.15 bits per heavy atom. The van der Waals surface area contributed by atoms with Crippen LogP contribution in [-0.2, 0) is 20.9 Å². The molecule has 0 aromatic heterocycles. The Kier molecular flexibility index (Phi) is 6.96. The lowest BCUT2D eigenvalue weighted by atomic mass is 9.54. The predicted octanol–water partition coefficient (Wildman–Crippen LogP) is 0.632. The molecule has 0 radical (unpaired) electrons. The number of rotatable bonds is 5. The number of aromatic hydroxyl groups is 1. The van der Waals surface area contributed by atoms with Crippen LogP contribution in [-0.4, -0.2) is 86.3 Å². The average molecular weight is 544 g/mol. The largest absolute Gasteiger partial charge is 0.508 e. The van der Waals surface area contributed by atoms with Gasteiger partial charge in [0, 0.05) is 30.1 Å². The highest BCUT2D eigenvalue weighted by Gasteiger charge is 2.68. The number of carbonyl (C=O) groups is 3. The summed E-state index contributed by atoms with van der Waals surface area (Å²) in [6.45, 7) is 8.78. The topological polar surface area (TPSA) is 194 Å². The molecule has 0 spiro atoms. The van der Waals surface area contributed by atoms with E-state index in [9.17, 15) is 39.9 Å². The predicted molar refractivity (Wildman–Crippen MR) is 142 cm³/mol. The van der Waals surface area contributed by atoms with Gasteiger partial charge in [-0.15, -0.1) is 0 Å². The van der Waals surface area contributed by atoms with Crippen molar-refractivity contribution in [1.29, 1.82) is 0 Å². The van der Waals surface area contributed by atoms with Gasteiger partial charge in [0.2, 0.25) is 5.78 Å². The molecular weight excluding hydrogens is 506 g/mol. The number of ketones is 2. The Bertz CT molecular complexity index is 1320. The number of likely N-dealkylation sites (N-methyl/N-ethyl adjacent to an activating group) is 1. The number of carbonyl (C=O) groups excluding carboxylic acids is 3.